The van der Waals surface area contributed by atoms with Gasteiger partial charge in [0.2, 0.25) is 11.9 Å². The Labute approximate surface area is 173 Å². The predicted octanol–water partition coefficient (Wildman–Crippen LogP) is 3.66. The number of carbonyl (C=O) groups is 1. The van der Waals surface area contributed by atoms with Crippen LogP contribution in [0.3, 0.4) is 0 Å². The Morgan fingerprint density at radius 2 is 2.14 bits per heavy atom. The molecule has 8 heteroatoms. The monoisotopic (exact) mass is 411 g/mol. The van der Waals surface area contributed by atoms with Crippen molar-refractivity contribution in [1.29, 1.82) is 0 Å². The topological polar surface area (TPSA) is 91.0 Å². The van der Waals surface area contributed by atoms with E-state index in [1.807, 2.05) is 24.0 Å². The van der Waals surface area contributed by atoms with E-state index in [1.54, 1.807) is 31.3 Å². The van der Waals surface area contributed by atoms with E-state index in [-0.39, 0.29) is 17.5 Å². The zero-order valence-corrected chi connectivity index (χ0v) is 17.0. The van der Waals surface area contributed by atoms with Crippen molar-refractivity contribution in [2.75, 3.05) is 5.32 Å². The zero-order valence-electron chi connectivity index (χ0n) is 16.3. The van der Waals surface area contributed by atoms with E-state index in [4.69, 9.17) is 11.6 Å². The van der Waals surface area contributed by atoms with Gasteiger partial charge >= 0.3 is 0 Å². The molecular formula is C21H22ClN5O2. The number of nitrogens with one attached hydrogen (secondary N) is 2. The zero-order chi connectivity index (χ0) is 20.5. The second-order valence-electron chi connectivity index (χ2n) is 7.40. The second kappa shape index (κ2) is 7.83. The van der Waals surface area contributed by atoms with Crippen LogP contribution in [0.4, 0.5) is 5.95 Å². The number of amides is 1. The van der Waals surface area contributed by atoms with Crippen molar-refractivity contribution in [2.45, 2.75) is 45.3 Å². The van der Waals surface area contributed by atoms with Crippen LogP contribution in [0.15, 0.2) is 41.3 Å². The Kier molecular flexibility index (Phi) is 5.24. The molecular weight excluding hydrogens is 390 g/mol. The van der Waals surface area contributed by atoms with Gasteiger partial charge in [-0.3, -0.25) is 9.59 Å². The number of anilines is 1. The first-order valence-electron chi connectivity index (χ1n) is 9.59. The highest BCUT2D eigenvalue weighted by Crippen LogP contribution is 2.28. The lowest BCUT2D eigenvalue weighted by molar-refractivity contribution is -0.130. The Balaban J connectivity index is 1.54. The van der Waals surface area contributed by atoms with E-state index in [9.17, 15) is 9.59 Å². The Bertz CT molecular complexity index is 1130. The number of aromatic amines is 1. The number of pyridine rings is 1. The highest BCUT2D eigenvalue weighted by Gasteiger charge is 2.31. The molecule has 29 heavy (non-hydrogen) atoms. The van der Waals surface area contributed by atoms with Gasteiger partial charge in [0.15, 0.2) is 0 Å². The quantitative estimate of drug-likeness (QED) is 0.646. The molecule has 7 nitrogen and oxygen atoms in total. The van der Waals surface area contributed by atoms with Crippen LogP contribution in [-0.4, -0.2) is 31.8 Å². The van der Waals surface area contributed by atoms with Crippen LogP contribution in [0.5, 0.6) is 0 Å². The molecule has 0 saturated heterocycles. The summed E-state index contributed by atoms with van der Waals surface area (Å²) in [6.07, 6.45) is 3.75. The number of benzene rings is 1. The highest BCUT2D eigenvalue weighted by molar-refractivity contribution is 6.31. The molecule has 1 amide bonds. The van der Waals surface area contributed by atoms with E-state index in [2.05, 4.69) is 20.3 Å². The summed E-state index contributed by atoms with van der Waals surface area (Å²) in [6.45, 7) is 3.92. The molecule has 150 valence electrons. The van der Waals surface area contributed by atoms with Gasteiger partial charge in [0.1, 0.15) is 0 Å². The van der Waals surface area contributed by atoms with E-state index in [1.165, 1.54) is 0 Å². The lowest BCUT2D eigenvalue weighted by Gasteiger charge is -2.20. The number of hydrogen-bond acceptors (Lipinski definition) is 5. The predicted molar refractivity (Wildman–Crippen MR) is 113 cm³/mol. The molecule has 0 radical (unpaired) electrons. The summed E-state index contributed by atoms with van der Waals surface area (Å²) in [5.41, 5.74) is 1.89. The molecule has 2 aromatic heterocycles. The van der Waals surface area contributed by atoms with Gasteiger partial charge in [-0.05, 0) is 50.1 Å². The van der Waals surface area contributed by atoms with Crippen LogP contribution in [-0.2, 0) is 11.3 Å². The van der Waals surface area contributed by atoms with E-state index >= 15 is 0 Å². The Morgan fingerprint density at radius 1 is 1.34 bits per heavy atom. The Hall–Kier alpha value is -2.93. The minimum absolute atomic E-state index is 0.0512. The molecule has 1 atom stereocenters. The lowest BCUT2D eigenvalue weighted by Crippen LogP contribution is -2.30. The van der Waals surface area contributed by atoms with Crippen LogP contribution in [0.2, 0.25) is 5.02 Å². The van der Waals surface area contributed by atoms with Crippen molar-refractivity contribution in [3.63, 3.8) is 0 Å². The maximum atomic E-state index is 12.5. The maximum absolute atomic E-state index is 12.5. The first-order valence-corrected chi connectivity index (χ1v) is 9.96. The minimum atomic E-state index is -0.315. The molecule has 1 fully saturated rings. The van der Waals surface area contributed by atoms with Gasteiger partial charge in [0, 0.05) is 40.7 Å². The largest absolute Gasteiger partial charge is 0.347 e. The summed E-state index contributed by atoms with van der Waals surface area (Å²) < 4.78 is 0. The summed E-state index contributed by atoms with van der Waals surface area (Å²) >= 11 is 6.07. The number of rotatable bonds is 6. The van der Waals surface area contributed by atoms with Crippen molar-refractivity contribution in [2.24, 2.45) is 0 Å². The van der Waals surface area contributed by atoms with Gasteiger partial charge in [0.05, 0.1) is 18.3 Å². The SMILES string of the molecule is CC(=O)N(Cc1ccnc(NC(C)c2cc3cc(Cl)ccc3[nH]c2=O)n1)C1CC1. The fourth-order valence-electron chi connectivity index (χ4n) is 3.40. The maximum Gasteiger partial charge on any atom is 0.253 e. The van der Waals surface area contributed by atoms with Crippen molar-refractivity contribution in [3.8, 4) is 0 Å². The fourth-order valence-corrected chi connectivity index (χ4v) is 3.58. The summed E-state index contributed by atoms with van der Waals surface area (Å²) in [7, 11) is 0. The molecule has 0 spiro atoms. The average molecular weight is 412 g/mol. The van der Waals surface area contributed by atoms with Gasteiger partial charge in [-0.25, -0.2) is 9.97 Å². The van der Waals surface area contributed by atoms with Crippen molar-refractivity contribution < 1.29 is 4.79 Å². The lowest BCUT2D eigenvalue weighted by atomic mass is 10.1. The number of H-pyrrole nitrogens is 1. The third kappa shape index (κ3) is 4.40. The molecule has 1 aromatic carbocycles. The van der Waals surface area contributed by atoms with Crippen LogP contribution in [0.1, 0.15) is 44.0 Å². The highest BCUT2D eigenvalue weighted by atomic mass is 35.5. The number of halogens is 1. The molecule has 2 N–H and O–H groups in total. The molecule has 1 unspecified atom stereocenters. The normalized spacial score (nSPS) is 14.6. The fraction of sp³-hybridized carbons (Fsp3) is 0.333. The van der Waals surface area contributed by atoms with Crippen LogP contribution < -0.4 is 10.9 Å². The van der Waals surface area contributed by atoms with Gasteiger partial charge in [-0.1, -0.05) is 11.6 Å². The van der Waals surface area contributed by atoms with Crippen molar-refractivity contribution in [1.82, 2.24) is 19.9 Å². The molecule has 2 heterocycles. The molecule has 1 aliphatic rings. The van der Waals surface area contributed by atoms with E-state index in [0.717, 1.165) is 29.4 Å². The number of aromatic nitrogens is 3. The van der Waals surface area contributed by atoms with Gasteiger partial charge in [-0.15, -0.1) is 0 Å². The number of fused-ring (bicyclic) bond motifs is 1. The summed E-state index contributed by atoms with van der Waals surface area (Å²) in [4.78, 5) is 37.9. The van der Waals surface area contributed by atoms with Crippen molar-refractivity contribution in [3.05, 3.63) is 63.2 Å². The van der Waals surface area contributed by atoms with Crippen molar-refractivity contribution >= 4 is 34.4 Å². The molecule has 1 saturated carbocycles. The van der Waals surface area contributed by atoms with Gasteiger partial charge in [0.25, 0.3) is 5.56 Å². The molecule has 4 rings (SSSR count). The van der Waals surface area contributed by atoms with E-state index < -0.39 is 0 Å². The second-order valence-corrected chi connectivity index (χ2v) is 7.84. The summed E-state index contributed by atoms with van der Waals surface area (Å²) in [6, 6.07) is 8.98. The smallest absolute Gasteiger partial charge is 0.253 e. The van der Waals surface area contributed by atoms with Crippen LogP contribution in [0, 0.1) is 0 Å². The Morgan fingerprint density at radius 3 is 2.86 bits per heavy atom. The van der Waals surface area contributed by atoms with Gasteiger partial charge < -0.3 is 15.2 Å². The summed E-state index contributed by atoms with van der Waals surface area (Å²) in [5, 5.41) is 4.65. The molecule has 1 aliphatic carbocycles. The van der Waals surface area contributed by atoms with Crippen LogP contribution in [0.25, 0.3) is 10.9 Å². The minimum Gasteiger partial charge on any atom is -0.347 e. The number of carbonyl (C=O) groups excluding carboxylic acids is 1. The molecule has 0 bridgehead atoms. The van der Waals surface area contributed by atoms with Crippen LogP contribution >= 0.6 is 11.6 Å². The third-order valence-corrected chi connectivity index (χ3v) is 5.32. The molecule has 3 aromatic rings. The third-order valence-electron chi connectivity index (χ3n) is 5.08. The standard InChI is InChI=1S/C21H22ClN5O2/c1-12(18-10-14-9-15(22)3-6-19(14)26-20(18)29)24-21-23-8-7-16(25-21)11-27(13(2)28)17-4-5-17/h3,6-10,12,17H,4-5,11H2,1-2H3,(H,26,29)(H,23,24,25). The van der Waals surface area contributed by atoms with E-state index in [0.29, 0.717) is 29.1 Å². The first-order chi connectivity index (χ1) is 13.9. The average Bonchev–Trinajstić information content (AvgIpc) is 3.51. The number of hydrogen-bond donors (Lipinski definition) is 2. The molecule has 0 aliphatic heterocycles. The number of nitrogens with zero attached hydrogens (tertiary/aromatic N) is 3. The first kappa shape index (κ1) is 19.4. The van der Waals surface area contributed by atoms with Gasteiger partial charge in [-0.2, -0.15) is 0 Å². The summed E-state index contributed by atoms with van der Waals surface area (Å²) in [5.74, 6) is 0.468.